The van der Waals surface area contributed by atoms with Crippen molar-refractivity contribution in [1.82, 2.24) is 0 Å². The van der Waals surface area contributed by atoms with E-state index in [1.54, 1.807) is 6.92 Å². The van der Waals surface area contributed by atoms with Gasteiger partial charge in [0.2, 0.25) is 0 Å². The quantitative estimate of drug-likeness (QED) is 0.441. The first kappa shape index (κ1) is 16.9. The number of halogens is 1. The molecule has 0 aromatic rings. The van der Waals surface area contributed by atoms with Crippen LogP contribution in [0.1, 0.15) is 19.8 Å². The molecular weight excluding hydrogens is 249 g/mol. The summed E-state index contributed by atoms with van der Waals surface area (Å²) < 4.78 is 4.60. The van der Waals surface area contributed by atoms with Crippen LogP contribution in [0.15, 0.2) is 0 Å². The Morgan fingerprint density at radius 3 is 2.40 bits per heavy atom. The van der Waals surface area contributed by atoms with Gasteiger partial charge in [-0.3, -0.25) is 4.79 Å². The Morgan fingerprint density at radius 1 is 1.60 bits per heavy atom. The average molecular weight is 260 g/mol. The van der Waals surface area contributed by atoms with Gasteiger partial charge in [0, 0.05) is 25.9 Å². The number of esters is 1. The fourth-order valence-corrected chi connectivity index (χ4v) is 0.377. The molecule has 0 saturated heterocycles. The maximum Gasteiger partial charge on any atom is 0.305 e. The molecular formula is C6H11BrO2Zn-. The van der Waals surface area contributed by atoms with Crippen LogP contribution in [-0.4, -0.2) is 12.6 Å². The molecule has 0 atom stereocenters. The second-order valence-corrected chi connectivity index (χ2v) is 1.41. The Morgan fingerprint density at radius 2 is 2.10 bits per heavy atom. The van der Waals surface area contributed by atoms with Gasteiger partial charge in [-0.1, -0.05) is 6.92 Å². The molecule has 0 bridgehead atoms. The Labute approximate surface area is 85.2 Å². The zero-order valence-electron chi connectivity index (χ0n) is 6.23. The number of carbonyl (C=O) groups is 1. The van der Waals surface area contributed by atoms with Gasteiger partial charge in [0.05, 0.1) is 6.61 Å². The topological polar surface area (TPSA) is 26.3 Å². The van der Waals surface area contributed by atoms with Crippen LogP contribution < -0.4 is 17.0 Å². The predicted molar refractivity (Wildman–Crippen MR) is 31.2 cm³/mol. The minimum atomic E-state index is -0.150. The molecule has 0 aromatic carbocycles. The molecule has 0 aliphatic rings. The van der Waals surface area contributed by atoms with Gasteiger partial charge in [-0.05, 0) is 13.3 Å². The molecule has 57 valence electrons. The maximum atomic E-state index is 10.4. The van der Waals surface area contributed by atoms with E-state index in [1.165, 1.54) is 0 Å². The van der Waals surface area contributed by atoms with Crippen LogP contribution in [-0.2, 0) is 29.0 Å². The standard InChI is InChI=1S/C6H11O2.BrH.Zn/c1-3-5-6(7)8-4-2;;/h1,3-5H2,2H3;1H;/p-1. The first-order valence-electron chi connectivity index (χ1n) is 2.76. The van der Waals surface area contributed by atoms with E-state index in [2.05, 4.69) is 11.7 Å². The van der Waals surface area contributed by atoms with E-state index in [4.69, 9.17) is 0 Å². The summed E-state index contributed by atoms with van der Waals surface area (Å²) in [6, 6.07) is 0. The number of ether oxygens (including phenoxy) is 1. The van der Waals surface area contributed by atoms with Gasteiger partial charge >= 0.3 is 5.97 Å². The van der Waals surface area contributed by atoms with Crippen molar-refractivity contribution in [3.63, 3.8) is 0 Å². The van der Waals surface area contributed by atoms with E-state index in [0.29, 0.717) is 19.4 Å². The summed E-state index contributed by atoms with van der Waals surface area (Å²) >= 11 is 0. The molecule has 0 fully saturated rings. The molecule has 0 N–H and O–H groups in total. The van der Waals surface area contributed by atoms with Gasteiger partial charge in [-0.15, -0.1) is 0 Å². The zero-order chi connectivity index (χ0) is 6.41. The molecule has 0 spiro atoms. The van der Waals surface area contributed by atoms with E-state index in [0.717, 1.165) is 0 Å². The smallest absolute Gasteiger partial charge is 0.305 e. The molecule has 0 amide bonds. The van der Waals surface area contributed by atoms with Gasteiger partial charge in [0.1, 0.15) is 0 Å². The third kappa shape index (κ3) is 11.4. The molecule has 2 nitrogen and oxygen atoms in total. The van der Waals surface area contributed by atoms with Crippen molar-refractivity contribution in [3.8, 4) is 0 Å². The zero-order valence-corrected chi connectivity index (χ0v) is 10.8. The van der Waals surface area contributed by atoms with Crippen LogP contribution in [0.25, 0.3) is 0 Å². The third-order valence-corrected chi connectivity index (χ3v) is 0.686. The van der Waals surface area contributed by atoms with Crippen LogP contribution >= 0.6 is 0 Å². The fourth-order valence-electron chi connectivity index (χ4n) is 0.377. The van der Waals surface area contributed by atoms with Gasteiger partial charge in [-0.2, -0.15) is 0 Å². The SMILES string of the molecule is [Br-].[CH2]CCC(=O)OCC.[Zn]. The Bertz CT molecular complexity index is 70.1. The van der Waals surface area contributed by atoms with E-state index < -0.39 is 0 Å². The molecule has 0 aliphatic carbocycles. The van der Waals surface area contributed by atoms with Gasteiger partial charge in [0.15, 0.2) is 0 Å². The summed E-state index contributed by atoms with van der Waals surface area (Å²) in [4.78, 5) is 10.4. The first-order chi connectivity index (χ1) is 3.81. The molecule has 0 aromatic heterocycles. The van der Waals surface area contributed by atoms with Crippen LogP contribution in [0.4, 0.5) is 0 Å². The predicted octanol–water partition coefficient (Wildman–Crippen LogP) is -1.83. The molecule has 0 rings (SSSR count). The Hall–Kier alpha value is 0.573. The minimum absolute atomic E-state index is 0. The number of rotatable bonds is 3. The molecule has 0 heterocycles. The Balaban J connectivity index is -0.000000245. The largest absolute Gasteiger partial charge is 1.00 e. The monoisotopic (exact) mass is 258 g/mol. The van der Waals surface area contributed by atoms with Crippen LogP contribution in [0.5, 0.6) is 0 Å². The van der Waals surface area contributed by atoms with Crippen molar-refractivity contribution in [2.45, 2.75) is 19.8 Å². The van der Waals surface area contributed by atoms with Gasteiger partial charge in [-0.25, -0.2) is 0 Å². The average Bonchev–Trinajstić information content (AvgIpc) is 1.68. The summed E-state index contributed by atoms with van der Waals surface area (Å²) in [7, 11) is 0. The number of carbonyl (C=O) groups excluding carboxylic acids is 1. The summed E-state index contributed by atoms with van der Waals surface area (Å²) in [5.41, 5.74) is 0. The van der Waals surface area contributed by atoms with Gasteiger partial charge in [0.25, 0.3) is 0 Å². The van der Waals surface area contributed by atoms with Crippen molar-refractivity contribution in [2.24, 2.45) is 0 Å². The third-order valence-electron chi connectivity index (χ3n) is 0.686. The van der Waals surface area contributed by atoms with Crippen molar-refractivity contribution < 1.29 is 46.0 Å². The van der Waals surface area contributed by atoms with Crippen LogP contribution in [0.3, 0.4) is 0 Å². The van der Waals surface area contributed by atoms with E-state index in [-0.39, 0.29) is 42.4 Å². The minimum Gasteiger partial charge on any atom is -1.00 e. The van der Waals surface area contributed by atoms with Crippen molar-refractivity contribution >= 4 is 5.97 Å². The Kier molecular flexibility index (Phi) is 20.7. The summed E-state index contributed by atoms with van der Waals surface area (Å²) in [6.45, 7) is 5.77. The number of hydrogen-bond acceptors (Lipinski definition) is 2. The van der Waals surface area contributed by atoms with Crippen LogP contribution in [0, 0.1) is 6.92 Å². The molecule has 0 unspecified atom stereocenters. The van der Waals surface area contributed by atoms with E-state index >= 15 is 0 Å². The van der Waals surface area contributed by atoms with E-state index in [1.807, 2.05) is 0 Å². The maximum absolute atomic E-state index is 10.4. The second kappa shape index (κ2) is 12.3. The van der Waals surface area contributed by atoms with E-state index in [9.17, 15) is 4.79 Å². The summed E-state index contributed by atoms with van der Waals surface area (Å²) in [5, 5.41) is 0. The van der Waals surface area contributed by atoms with Crippen LogP contribution in [0.2, 0.25) is 0 Å². The molecule has 4 heteroatoms. The normalized spacial score (nSPS) is 7.00. The van der Waals surface area contributed by atoms with Gasteiger partial charge < -0.3 is 21.7 Å². The van der Waals surface area contributed by atoms with Crippen molar-refractivity contribution in [2.75, 3.05) is 6.61 Å². The van der Waals surface area contributed by atoms with Crippen molar-refractivity contribution in [1.29, 1.82) is 0 Å². The first-order valence-corrected chi connectivity index (χ1v) is 2.76. The summed E-state index contributed by atoms with van der Waals surface area (Å²) in [5.74, 6) is -0.150. The summed E-state index contributed by atoms with van der Waals surface area (Å²) in [6.07, 6.45) is 1.06. The molecule has 0 saturated carbocycles. The fraction of sp³-hybridized carbons (Fsp3) is 0.667. The van der Waals surface area contributed by atoms with Crippen molar-refractivity contribution in [3.05, 3.63) is 6.92 Å². The molecule has 1 radical (unpaired) electrons. The molecule has 0 aliphatic heterocycles. The molecule has 10 heavy (non-hydrogen) atoms. The second-order valence-electron chi connectivity index (χ2n) is 1.41. The number of hydrogen-bond donors (Lipinski definition) is 0.